The van der Waals surface area contributed by atoms with Crippen LogP contribution in [0.1, 0.15) is 153 Å². The molecule has 0 aromatic carbocycles. The van der Waals surface area contributed by atoms with Gasteiger partial charge in [-0.3, -0.25) is 14.4 Å². The van der Waals surface area contributed by atoms with Crippen molar-refractivity contribution < 1.29 is 38.1 Å². The van der Waals surface area contributed by atoms with Gasteiger partial charge in [-0.2, -0.15) is 0 Å². The van der Waals surface area contributed by atoms with Crippen LogP contribution in [0.5, 0.6) is 0 Å². The summed E-state index contributed by atoms with van der Waals surface area (Å²) in [6, 6.07) is 0. The van der Waals surface area contributed by atoms with E-state index in [2.05, 4.69) is 71.3 Å². The summed E-state index contributed by atoms with van der Waals surface area (Å²) >= 11 is 0. The normalized spacial score (nSPS) is 29.8. The lowest BCUT2D eigenvalue weighted by Crippen LogP contribution is -2.52. The first-order valence-electron chi connectivity index (χ1n) is 22.4. The van der Waals surface area contributed by atoms with Crippen molar-refractivity contribution in [2.24, 2.45) is 23.7 Å². The number of hydrogen-bond acceptors (Lipinski definition) is 8. The van der Waals surface area contributed by atoms with Crippen molar-refractivity contribution in [1.29, 1.82) is 0 Å². The van der Waals surface area contributed by atoms with E-state index in [1.807, 2.05) is 27.7 Å². The van der Waals surface area contributed by atoms with Crippen molar-refractivity contribution in [1.82, 2.24) is 10.6 Å². The van der Waals surface area contributed by atoms with Crippen LogP contribution in [0.3, 0.4) is 0 Å². The Labute approximate surface area is 347 Å². The monoisotopic (exact) mass is 819 g/mol. The van der Waals surface area contributed by atoms with Gasteiger partial charge in [-0.25, -0.2) is 0 Å². The fourth-order valence-corrected chi connectivity index (χ4v) is 9.59. The maximum absolute atomic E-state index is 13.7. The van der Waals surface area contributed by atoms with Gasteiger partial charge in [0.05, 0.1) is 49.0 Å². The molecular formula is C46H82N2O8Si. The molecule has 328 valence electrons. The highest BCUT2D eigenvalue weighted by atomic mass is 28.4. The van der Waals surface area contributed by atoms with Crippen molar-refractivity contribution in [2.75, 3.05) is 13.1 Å². The zero-order chi connectivity index (χ0) is 42.6. The summed E-state index contributed by atoms with van der Waals surface area (Å²) in [5.74, 6) is -0.138. The van der Waals surface area contributed by atoms with Crippen LogP contribution in [0.25, 0.3) is 0 Å². The molecular weight excluding hydrogens is 737 g/mol. The van der Waals surface area contributed by atoms with Crippen LogP contribution in [0.4, 0.5) is 0 Å². The molecule has 3 saturated heterocycles. The van der Waals surface area contributed by atoms with Crippen molar-refractivity contribution in [3.05, 3.63) is 23.8 Å². The SMILES string of the molecule is C/C=C/C(=O)C[C@@H]1CC[C@H](C)[C@H](CC(=O)NC[C@@H](O[Si](C)(C)C(C)(C)C)[C@@H](C)C(=O)NCCC[C@H]2O[C@@]3(CCC[C@@H](CC[C@H](C)/C=C(\C)[C@H](C)O)O3)CC[C@@H]2C)O1. The van der Waals surface area contributed by atoms with Crippen LogP contribution in [-0.2, 0) is 33.0 Å². The first-order valence-corrected chi connectivity index (χ1v) is 25.3. The maximum atomic E-state index is 13.7. The van der Waals surface area contributed by atoms with Crippen molar-refractivity contribution in [3.63, 3.8) is 0 Å². The van der Waals surface area contributed by atoms with Crippen LogP contribution in [-0.4, -0.2) is 86.5 Å². The molecule has 11 atom stereocenters. The van der Waals surface area contributed by atoms with E-state index in [1.165, 1.54) is 0 Å². The van der Waals surface area contributed by atoms with E-state index in [1.54, 1.807) is 12.2 Å². The Bertz CT molecular complexity index is 1340. The Morgan fingerprint density at radius 1 is 0.930 bits per heavy atom. The minimum atomic E-state index is -2.28. The Kier molecular flexibility index (Phi) is 19.6. The summed E-state index contributed by atoms with van der Waals surface area (Å²) in [4.78, 5) is 39.2. The third-order valence-corrected chi connectivity index (χ3v) is 17.9. The summed E-state index contributed by atoms with van der Waals surface area (Å²) in [6.07, 6.45) is 15.4. The summed E-state index contributed by atoms with van der Waals surface area (Å²) < 4.78 is 26.6. The molecule has 3 fully saturated rings. The molecule has 0 radical (unpaired) electrons. The molecule has 0 unspecified atom stereocenters. The van der Waals surface area contributed by atoms with Crippen molar-refractivity contribution in [3.8, 4) is 0 Å². The molecule has 3 N–H and O–H groups in total. The van der Waals surface area contributed by atoms with Gasteiger partial charge in [-0.05, 0) is 126 Å². The van der Waals surface area contributed by atoms with E-state index in [4.69, 9.17) is 18.6 Å². The Morgan fingerprint density at radius 3 is 2.30 bits per heavy atom. The van der Waals surface area contributed by atoms with Gasteiger partial charge in [-0.15, -0.1) is 0 Å². The number of carbonyl (C=O) groups excluding carboxylic acids is 3. The second kappa shape index (κ2) is 22.6. The summed E-state index contributed by atoms with van der Waals surface area (Å²) in [5, 5.41) is 16.1. The van der Waals surface area contributed by atoms with Crippen molar-refractivity contribution >= 4 is 25.9 Å². The van der Waals surface area contributed by atoms with E-state index < -0.39 is 32.2 Å². The number of aliphatic hydroxyl groups excluding tert-OH is 1. The number of carbonyl (C=O) groups is 3. The second-order valence-electron chi connectivity index (χ2n) is 19.5. The standard InChI is InChI=1S/C46H82N2O8Si/c1-13-16-37(50)28-39-22-20-32(3)41(53-39)29-43(51)48-30-42(56-57(11,12)45(8,9)10)35(6)44(52)47-26-15-18-40-33(4)23-25-46(55-40)24-14-17-38(54-46)21-19-31(2)27-34(5)36(7)49/h13,16,27,31-33,35-36,38-42,49H,14-15,17-26,28-30H2,1-12H3,(H,47,52)(H,48,51)/b16-13+,34-27+/t31-,32-,33-,35+,36-,38-,39-,40+,41-,42+,46-/m0/s1. The van der Waals surface area contributed by atoms with Gasteiger partial charge in [0.2, 0.25) is 11.8 Å². The molecule has 3 aliphatic heterocycles. The van der Waals surface area contributed by atoms with E-state index in [9.17, 15) is 19.5 Å². The summed E-state index contributed by atoms with van der Waals surface area (Å²) in [5.41, 5.74) is 1.02. The van der Waals surface area contributed by atoms with Gasteiger partial charge < -0.3 is 34.4 Å². The van der Waals surface area contributed by atoms with E-state index in [0.29, 0.717) is 24.8 Å². The number of hydrogen-bond donors (Lipinski definition) is 3. The van der Waals surface area contributed by atoms with Gasteiger partial charge in [0.25, 0.3) is 0 Å². The summed E-state index contributed by atoms with van der Waals surface area (Å²) in [6.45, 7) is 25.8. The Hall–Kier alpha value is -1.89. The molecule has 57 heavy (non-hydrogen) atoms. The smallest absolute Gasteiger partial charge is 0.225 e. The fourth-order valence-electron chi connectivity index (χ4n) is 8.19. The zero-order valence-corrected chi connectivity index (χ0v) is 38.9. The number of amides is 2. The van der Waals surface area contributed by atoms with Crippen LogP contribution in [0.15, 0.2) is 23.8 Å². The van der Waals surface area contributed by atoms with Crippen LogP contribution >= 0.6 is 0 Å². The molecule has 0 bridgehead atoms. The van der Waals surface area contributed by atoms with Crippen molar-refractivity contribution in [2.45, 2.75) is 213 Å². The molecule has 0 aromatic rings. The molecule has 3 aliphatic rings. The molecule has 0 saturated carbocycles. The summed E-state index contributed by atoms with van der Waals surface area (Å²) in [7, 11) is -2.28. The number of allylic oxidation sites excluding steroid dienone is 3. The van der Waals surface area contributed by atoms with Gasteiger partial charge in [-0.1, -0.05) is 60.6 Å². The third-order valence-electron chi connectivity index (χ3n) is 13.4. The lowest BCUT2D eigenvalue weighted by molar-refractivity contribution is -0.324. The average molecular weight is 819 g/mol. The first-order chi connectivity index (χ1) is 26.6. The van der Waals surface area contributed by atoms with Gasteiger partial charge in [0, 0.05) is 32.4 Å². The number of aliphatic hydroxyl groups is 1. The molecule has 11 heteroatoms. The lowest BCUT2D eigenvalue weighted by atomic mass is 9.85. The zero-order valence-electron chi connectivity index (χ0n) is 37.9. The minimum absolute atomic E-state index is 0.0432. The third kappa shape index (κ3) is 15.9. The van der Waals surface area contributed by atoms with Crippen LogP contribution in [0.2, 0.25) is 18.1 Å². The van der Waals surface area contributed by atoms with Gasteiger partial charge in [0.15, 0.2) is 19.9 Å². The highest BCUT2D eigenvalue weighted by Crippen LogP contribution is 2.43. The fraction of sp³-hybridized carbons (Fsp3) is 0.848. The molecule has 10 nitrogen and oxygen atoms in total. The Morgan fingerprint density at radius 2 is 1.63 bits per heavy atom. The van der Waals surface area contributed by atoms with Gasteiger partial charge >= 0.3 is 0 Å². The maximum Gasteiger partial charge on any atom is 0.225 e. The van der Waals surface area contributed by atoms with Crippen LogP contribution < -0.4 is 10.6 Å². The van der Waals surface area contributed by atoms with E-state index in [-0.39, 0.29) is 65.9 Å². The number of rotatable bonds is 20. The molecule has 0 aliphatic carbocycles. The second-order valence-corrected chi connectivity index (χ2v) is 24.3. The highest BCUT2D eigenvalue weighted by Gasteiger charge is 2.45. The minimum Gasteiger partial charge on any atom is -0.411 e. The predicted molar refractivity (Wildman–Crippen MR) is 231 cm³/mol. The average Bonchev–Trinajstić information content (AvgIpc) is 3.13. The topological polar surface area (TPSA) is 132 Å². The molecule has 3 heterocycles. The predicted octanol–water partition coefficient (Wildman–Crippen LogP) is 8.96. The number of ketones is 1. The number of ether oxygens (including phenoxy) is 3. The van der Waals surface area contributed by atoms with E-state index in [0.717, 1.165) is 76.2 Å². The molecule has 3 rings (SSSR count). The molecule has 2 amide bonds. The first kappa shape index (κ1) is 49.5. The van der Waals surface area contributed by atoms with Gasteiger partial charge in [0.1, 0.15) is 0 Å². The highest BCUT2D eigenvalue weighted by molar-refractivity contribution is 6.74. The largest absolute Gasteiger partial charge is 0.411 e. The quantitative estimate of drug-likeness (QED) is 0.0481. The molecule has 0 aromatic heterocycles. The lowest BCUT2D eigenvalue weighted by Gasteiger charge is -2.48. The number of nitrogens with one attached hydrogen (secondary N) is 2. The Balaban J connectivity index is 1.53. The van der Waals surface area contributed by atoms with E-state index >= 15 is 0 Å². The van der Waals surface area contributed by atoms with Crippen LogP contribution in [0, 0.1) is 23.7 Å². The molecule has 1 spiro atoms.